The van der Waals surface area contributed by atoms with Crippen molar-refractivity contribution in [3.8, 4) is 0 Å². The molecule has 214 valence electrons. The quantitative estimate of drug-likeness (QED) is 0.281. The number of sulfonamides is 1. The number of halogens is 2. The van der Waals surface area contributed by atoms with E-state index in [2.05, 4.69) is 5.32 Å². The number of benzene rings is 3. The standard InChI is InChI=1S/C30H35ClFN3O4S/c1-3-19-33-30(37)28(21-23-12-5-4-6-13-23)34(22-24-14-7-8-15-25(24)31)29(36)18-11-20-35(40(2,38)39)27-17-10-9-16-26(27)32/h4-10,12-17,28H,3,11,18-22H2,1-2H3,(H,33,37)/t28-/m0/s1. The lowest BCUT2D eigenvalue weighted by atomic mass is 10.0. The van der Waals surface area contributed by atoms with Gasteiger partial charge in [-0.25, -0.2) is 12.8 Å². The summed E-state index contributed by atoms with van der Waals surface area (Å²) in [4.78, 5) is 28.7. The topological polar surface area (TPSA) is 86.8 Å². The van der Waals surface area contributed by atoms with Gasteiger partial charge in [-0.1, -0.05) is 79.2 Å². The Bertz CT molecular complexity index is 1390. The summed E-state index contributed by atoms with van der Waals surface area (Å²) in [5.74, 6) is -1.29. The van der Waals surface area contributed by atoms with Gasteiger partial charge >= 0.3 is 0 Å². The number of anilines is 1. The average molecular weight is 588 g/mol. The molecular formula is C30H35ClFN3O4S. The summed E-state index contributed by atoms with van der Waals surface area (Å²) in [6.07, 6.45) is 2.08. The molecule has 2 amide bonds. The number of amides is 2. The van der Waals surface area contributed by atoms with Crippen LogP contribution in [0.2, 0.25) is 5.02 Å². The molecule has 1 atom stereocenters. The maximum absolute atomic E-state index is 14.4. The van der Waals surface area contributed by atoms with Crippen molar-refractivity contribution in [1.82, 2.24) is 10.2 Å². The van der Waals surface area contributed by atoms with Crippen molar-refractivity contribution in [3.05, 3.63) is 101 Å². The molecule has 3 aromatic rings. The molecule has 0 saturated carbocycles. The van der Waals surface area contributed by atoms with E-state index in [0.29, 0.717) is 17.1 Å². The second-order valence-corrected chi connectivity index (χ2v) is 11.8. The summed E-state index contributed by atoms with van der Waals surface area (Å²) in [5.41, 5.74) is 1.49. The second kappa shape index (κ2) is 14.8. The van der Waals surface area contributed by atoms with Crippen LogP contribution in [0.3, 0.4) is 0 Å². The summed E-state index contributed by atoms with van der Waals surface area (Å²) < 4.78 is 40.3. The maximum atomic E-state index is 14.4. The smallest absolute Gasteiger partial charge is 0.243 e. The van der Waals surface area contributed by atoms with Gasteiger partial charge in [-0.05, 0) is 42.2 Å². The third-order valence-electron chi connectivity index (χ3n) is 6.39. The van der Waals surface area contributed by atoms with E-state index in [9.17, 15) is 22.4 Å². The van der Waals surface area contributed by atoms with E-state index in [1.165, 1.54) is 23.1 Å². The van der Waals surface area contributed by atoms with Crippen molar-refractivity contribution in [1.29, 1.82) is 0 Å². The van der Waals surface area contributed by atoms with Crippen molar-refractivity contribution >= 4 is 39.1 Å². The fraction of sp³-hybridized carbons (Fsp3) is 0.333. The maximum Gasteiger partial charge on any atom is 0.243 e. The molecule has 0 heterocycles. The zero-order valence-corrected chi connectivity index (χ0v) is 24.3. The third-order valence-corrected chi connectivity index (χ3v) is 7.94. The van der Waals surface area contributed by atoms with Crippen LogP contribution in [0.1, 0.15) is 37.3 Å². The molecule has 7 nitrogen and oxygen atoms in total. The molecule has 40 heavy (non-hydrogen) atoms. The van der Waals surface area contributed by atoms with Crippen LogP contribution >= 0.6 is 11.6 Å². The molecule has 0 saturated heterocycles. The Hall–Kier alpha value is -3.43. The van der Waals surface area contributed by atoms with Gasteiger partial charge in [0, 0.05) is 37.5 Å². The van der Waals surface area contributed by atoms with Crippen LogP contribution < -0.4 is 9.62 Å². The van der Waals surface area contributed by atoms with Gasteiger partial charge in [0.1, 0.15) is 11.9 Å². The highest BCUT2D eigenvalue weighted by molar-refractivity contribution is 7.92. The van der Waals surface area contributed by atoms with Gasteiger partial charge in [0.2, 0.25) is 21.8 Å². The van der Waals surface area contributed by atoms with Crippen LogP contribution in [-0.4, -0.2) is 50.5 Å². The van der Waals surface area contributed by atoms with Gasteiger partial charge in [0.25, 0.3) is 0 Å². The van der Waals surface area contributed by atoms with E-state index in [0.717, 1.165) is 22.5 Å². The Morgan fingerprint density at radius 1 is 0.975 bits per heavy atom. The molecule has 0 fully saturated rings. The Kier molecular flexibility index (Phi) is 11.5. The van der Waals surface area contributed by atoms with Crippen LogP contribution in [0.15, 0.2) is 78.9 Å². The minimum Gasteiger partial charge on any atom is -0.354 e. The molecule has 3 rings (SSSR count). The summed E-state index contributed by atoms with van der Waals surface area (Å²) in [5, 5.41) is 3.38. The highest BCUT2D eigenvalue weighted by Crippen LogP contribution is 2.24. The Morgan fingerprint density at radius 2 is 1.62 bits per heavy atom. The Balaban J connectivity index is 1.89. The minimum atomic E-state index is -3.81. The van der Waals surface area contributed by atoms with E-state index in [1.54, 1.807) is 24.3 Å². The second-order valence-electron chi connectivity index (χ2n) is 9.50. The molecule has 0 aromatic heterocycles. The lowest BCUT2D eigenvalue weighted by Gasteiger charge is -2.32. The Labute approximate surface area is 241 Å². The van der Waals surface area contributed by atoms with E-state index >= 15 is 0 Å². The molecule has 0 radical (unpaired) electrons. The number of carbonyl (C=O) groups is 2. The molecular weight excluding hydrogens is 553 g/mol. The van der Waals surface area contributed by atoms with Crippen LogP contribution in [0.4, 0.5) is 10.1 Å². The molecule has 3 aromatic carbocycles. The summed E-state index contributed by atoms with van der Waals surface area (Å²) in [6, 6.07) is 21.3. The molecule has 0 aliphatic heterocycles. The third kappa shape index (κ3) is 8.79. The molecule has 10 heteroatoms. The monoisotopic (exact) mass is 587 g/mol. The molecule has 0 spiro atoms. The number of hydrogen-bond donors (Lipinski definition) is 1. The van der Waals surface area contributed by atoms with Gasteiger partial charge < -0.3 is 10.2 Å². The molecule has 0 aliphatic rings. The largest absolute Gasteiger partial charge is 0.354 e. The fourth-order valence-electron chi connectivity index (χ4n) is 4.37. The summed E-state index contributed by atoms with van der Waals surface area (Å²) in [6.45, 7) is 2.40. The molecule has 0 bridgehead atoms. The number of nitrogens with zero attached hydrogens (tertiary/aromatic N) is 2. The van der Waals surface area contributed by atoms with E-state index < -0.39 is 21.9 Å². The van der Waals surface area contributed by atoms with Crippen LogP contribution in [0.25, 0.3) is 0 Å². The van der Waals surface area contributed by atoms with E-state index in [-0.39, 0.29) is 49.9 Å². The van der Waals surface area contributed by atoms with Gasteiger partial charge in [-0.2, -0.15) is 0 Å². The van der Waals surface area contributed by atoms with Crippen molar-refractivity contribution < 1.29 is 22.4 Å². The number of para-hydroxylation sites is 1. The van der Waals surface area contributed by atoms with Crippen molar-refractivity contribution in [2.75, 3.05) is 23.7 Å². The van der Waals surface area contributed by atoms with Crippen molar-refractivity contribution in [3.63, 3.8) is 0 Å². The van der Waals surface area contributed by atoms with Gasteiger partial charge in [-0.3, -0.25) is 13.9 Å². The first-order valence-electron chi connectivity index (χ1n) is 13.2. The predicted octanol–water partition coefficient (Wildman–Crippen LogP) is 5.19. The minimum absolute atomic E-state index is 0.0583. The van der Waals surface area contributed by atoms with E-state index in [4.69, 9.17) is 11.6 Å². The average Bonchev–Trinajstić information content (AvgIpc) is 2.93. The predicted molar refractivity (Wildman–Crippen MR) is 157 cm³/mol. The zero-order chi connectivity index (χ0) is 29.1. The number of nitrogens with one attached hydrogen (secondary N) is 1. The first kappa shape index (κ1) is 31.1. The van der Waals surface area contributed by atoms with E-state index in [1.807, 2.05) is 43.3 Å². The lowest BCUT2D eigenvalue weighted by Crippen LogP contribution is -2.50. The number of carbonyl (C=O) groups excluding carboxylic acids is 2. The number of rotatable bonds is 14. The first-order valence-corrected chi connectivity index (χ1v) is 15.4. The van der Waals surface area contributed by atoms with Crippen LogP contribution in [0, 0.1) is 5.82 Å². The highest BCUT2D eigenvalue weighted by atomic mass is 35.5. The van der Waals surface area contributed by atoms with Crippen LogP contribution in [0.5, 0.6) is 0 Å². The van der Waals surface area contributed by atoms with Gasteiger partial charge in [0.15, 0.2) is 0 Å². The summed E-state index contributed by atoms with van der Waals surface area (Å²) in [7, 11) is -3.81. The van der Waals surface area contributed by atoms with Gasteiger partial charge in [0.05, 0.1) is 11.9 Å². The number of hydrogen-bond acceptors (Lipinski definition) is 4. The summed E-state index contributed by atoms with van der Waals surface area (Å²) >= 11 is 6.43. The Morgan fingerprint density at radius 3 is 2.27 bits per heavy atom. The fourth-order valence-corrected chi connectivity index (χ4v) is 5.53. The zero-order valence-electron chi connectivity index (χ0n) is 22.7. The van der Waals surface area contributed by atoms with Crippen molar-refractivity contribution in [2.45, 2.75) is 45.2 Å². The molecule has 0 unspecified atom stereocenters. The molecule has 1 N–H and O–H groups in total. The first-order chi connectivity index (χ1) is 19.1. The van der Waals surface area contributed by atoms with Crippen molar-refractivity contribution in [2.24, 2.45) is 0 Å². The van der Waals surface area contributed by atoms with Gasteiger partial charge in [-0.15, -0.1) is 0 Å². The normalized spacial score (nSPS) is 12.0. The highest BCUT2D eigenvalue weighted by Gasteiger charge is 2.31. The molecule has 0 aliphatic carbocycles. The lowest BCUT2D eigenvalue weighted by molar-refractivity contribution is -0.141. The van der Waals surface area contributed by atoms with Crippen LogP contribution in [-0.2, 0) is 32.6 Å². The SMILES string of the molecule is CCCNC(=O)[C@H](Cc1ccccc1)N(Cc1ccccc1Cl)C(=O)CCCN(c1ccccc1F)S(C)(=O)=O.